The van der Waals surface area contributed by atoms with Crippen LogP contribution in [-0.4, -0.2) is 66.0 Å². The molecule has 5 rings (SSSR count). The number of aliphatic hydroxyl groups is 1. The van der Waals surface area contributed by atoms with E-state index in [-0.39, 0.29) is 5.92 Å². The molecule has 0 bridgehead atoms. The summed E-state index contributed by atoms with van der Waals surface area (Å²) in [5.41, 5.74) is 8.14. The number of hydrogen-bond acceptors (Lipinski definition) is 7. The molecule has 1 fully saturated rings. The van der Waals surface area contributed by atoms with Gasteiger partial charge < -0.3 is 24.6 Å². The third kappa shape index (κ3) is 7.97. The predicted molar refractivity (Wildman–Crippen MR) is 175 cm³/mol. The summed E-state index contributed by atoms with van der Waals surface area (Å²) >= 11 is 0. The minimum absolute atomic E-state index is 0.266. The number of aliphatic hydroxyl groups excluding tert-OH is 1. The van der Waals surface area contributed by atoms with E-state index in [1.54, 1.807) is 7.11 Å². The average Bonchev–Trinajstić information content (AvgIpc) is 3.05. The van der Waals surface area contributed by atoms with Crippen molar-refractivity contribution < 1.29 is 24.5 Å². The molecule has 2 aliphatic heterocycles. The number of para-hydroxylation sites is 1. The maximum atomic E-state index is 11.4. The molecule has 2 aromatic carbocycles. The Bertz CT molecular complexity index is 1390. The second-order valence-corrected chi connectivity index (χ2v) is 11.9. The summed E-state index contributed by atoms with van der Waals surface area (Å²) in [7, 11) is 2.77. The zero-order valence-corrected chi connectivity index (χ0v) is 27.0. The van der Waals surface area contributed by atoms with E-state index in [2.05, 4.69) is 54.8 Å². The highest BCUT2D eigenvalue weighted by atomic mass is 16.5. The Morgan fingerprint density at radius 3 is 2.52 bits per heavy atom. The summed E-state index contributed by atoms with van der Waals surface area (Å²) < 4.78 is 12.2. The van der Waals surface area contributed by atoms with Gasteiger partial charge in [0.15, 0.2) is 0 Å². The van der Waals surface area contributed by atoms with Gasteiger partial charge >= 0.3 is 5.97 Å². The zero-order valence-electron chi connectivity index (χ0n) is 27.0. The van der Waals surface area contributed by atoms with Crippen LogP contribution in [0.3, 0.4) is 0 Å². The van der Waals surface area contributed by atoms with Crippen LogP contribution in [0, 0.1) is 12.8 Å². The molecule has 8 nitrogen and oxygen atoms in total. The first-order chi connectivity index (χ1) is 21.4. The summed E-state index contributed by atoms with van der Waals surface area (Å²) in [4.78, 5) is 21.2. The van der Waals surface area contributed by atoms with Crippen LogP contribution < -0.4 is 9.64 Å². The Kier molecular flexibility index (Phi) is 12.2. The van der Waals surface area contributed by atoms with Crippen molar-refractivity contribution in [3.63, 3.8) is 0 Å². The third-order valence-electron chi connectivity index (χ3n) is 8.93. The van der Waals surface area contributed by atoms with Gasteiger partial charge in [0.2, 0.25) is 0 Å². The summed E-state index contributed by atoms with van der Waals surface area (Å²) in [6.07, 6.45) is 4.76. The van der Waals surface area contributed by atoms with Crippen molar-refractivity contribution in [3.8, 4) is 17.0 Å². The van der Waals surface area contributed by atoms with Crippen LogP contribution in [0.5, 0.6) is 5.75 Å². The molecule has 0 amide bonds. The maximum absolute atomic E-state index is 11.4. The van der Waals surface area contributed by atoms with Crippen LogP contribution in [0.2, 0.25) is 0 Å². The number of rotatable bonds is 11. The fraction of sp³-hybridized carbons (Fsp3) is 0.500. The Balaban J connectivity index is 0.00000216. The number of benzene rings is 2. The molecule has 3 aromatic rings. The lowest BCUT2D eigenvalue weighted by Crippen LogP contribution is -2.38. The molecule has 0 aliphatic carbocycles. The molecule has 1 unspecified atom stereocenters. The lowest BCUT2D eigenvalue weighted by atomic mass is 9.91. The molecule has 8 heteroatoms. The molecule has 44 heavy (non-hydrogen) atoms. The molecule has 1 atom stereocenters. The molecule has 1 aromatic heterocycles. The molecule has 0 spiro atoms. The number of methoxy groups -OCH3 is 1. The second kappa shape index (κ2) is 16.0. The second-order valence-electron chi connectivity index (χ2n) is 11.9. The van der Waals surface area contributed by atoms with Crippen molar-refractivity contribution >= 4 is 11.8 Å². The van der Waals surface area contributed by atoms with Gasteiger partial charge in [0.1, 0.15) is 18.2 Å². The Morgan fingerprint density at radius 2 is 1.82 bits per heavy atom. The number of ether oxygens (including phenoxy) is 2. The van der Waals surface area contributed by atoms with E-state index in [1.165, 1.54) is 29.5 Å². The smallest absolute Gasteiger partial charge is 0.306 e. The summed E-state index contributed by atoms with van der Waals surface area (Å²) in [6.45, 7) is 11.2. The number of aromatic nitrogens is 1. The summed E-state index contributed by atoms with van der Waals surface area (Å²) in [5.74, 6) is 0.759. The van der Waals surface area contributed by atoms with Gasteiger partial charge in [-0.2, -0.15) is 0 Å². The number of hydrogen-bond donors (Lipinski definition) is 2. The Hall–Kier alpha value is -3.46. The van der Waals surface area contributed by atoms with Crippen LogP contribution in [-0.2, 0) is 35.7 Å². The number of carboxylic acids is 1. The first-order valence-electron chi connectivity index (χ1n) is 15.9. The minimum Gasteiger partial charge on any atom is -0.488 e. The van der Waals surface area contributed by atoms with Crippen molar-refractivity contribution in [1.82, 2.24) is 9.88 Å². The molecule has 2 N–H and O–H groups in total. The maximum Gasteiger partial charge on any atom is 0.306 e. The first kappa shape index (κ1) is 33.4. The summed E-state index contributed by atoms with van der Waals surface area (Å²) in [6, 6.07) is 17.4. The molecule has 3 heterocycles. The van der Waals surface area contributed by atoms with Gasteiger partial charge in [-0.25, -0.2) is 4.98 Å². The highest BCUT2D eigenvalue weighted by Crippen LogP contribution is 2.35. The molecular formula is C36H49N3O5. The topological polar surface area (TPSA) is 95.4 Å². The standard InChI is InChI=1S/C35H45N3O4.CH4O/c1-5-8-25(3)38-18-15-28-19-26(20-29(23-41-4)31(28)21-38)22-42-34-24(2)9-6-10-30(34)32-11-7-12-33(36-32)37-16-13-27(14-17-37)35(39)40;1-2/h6-7,9-12,19-20,25,27H,5,8,13-18,21-23H2,1-4H3,(H,39,40);2H,1H3. The van der Waals surface area contributed by atoms with E-state index in [1.807, 2.05) is 24.3 Å². The van der Waals surface area contributed by atoms with Crippen molar-refractivity contribution in [2.45, 2.75) is 78.7 Å². The molecule has 0 radical (unpaired) electrons. The fourth-order valence-corrected chi connectivity index (χ4v) is 6.49. The van der Waals surface area contributed by atoms with Gasteiger partial charge in [-0.05, 0) is 91.6 Å². The minimum atomic E-state index is -0.699. The van der Waals surface area contributed by atoms with E-state index in [0.717, 1.165) is 60.6 Å². The normalized spacial score (nSPS) is 16.1. The predicted octanol–water partition coefficient (Wildman–Crippen LogP) is 6.24. The first-order valence-corrected chi connectivity index (χ1v) is 15.9. The SMILES string of the molecule is CCCC(C)N1CCc2cc(COc3c(C)cccc3-c3cccc(N4CCC(C(=O)O)CC4)n3)cc(COC)c2C1.CO. The van der Waals surface area contributed by atoms with Crippen molar-refractivity contribution in [2.75, 3.05) is 38.8 Å². The Morgan fingerprint density at radius 1 is 1.07 bits per heavy atom. The average molecular weight is 604 g/mol. The number of carbonyl (C=O) groups is 1. The van der Waals surface area contributed by atoms with Gasteiger partial charge in [0.05, 0.1) is 18.2 Å². The summed E-state index contributed by atoms with van der Waals surface area (Å²) in [5, 5.41) is 16.4. The van der Waals surface area contributed by atoms with E-state index in [4.69, 9.17) is 19.6 Å². The van der Waals surface area contributed by atoms with Crippen molar-refractivity contribution in [1.29, 1.82) is 0 Å². The highest BCUT2D eigenvalue weighted by molar-refractivity contribution is 5.71. The number of carboxylic acid groups (broad SMARTS) is 1. The number of anilines is 1. The quantitative estimate of drug-likeness (QED) is 0.266. The van der Waals surface area contributed by atoms with Crippen LogP contribution in [0.25, 0.3) is 11.3 Å². The van der Waals surface area contributed by atoms with Gasteiger partial charge in [-0.3, -0.25) is 9.69 Å². The number of pyridine rings is 1. The van der Waals surface area contributed by atoms with Crippen LogP contribution in [0.15, 0.2) is 48.5 Å². The van der Waals surface area contributed by atoms with E-state index in [9.17, 15) is 9.90 Å². The van der Waals surface area contributed by atoms with Gasteiger partial charge in [-0.15, -0.1) is 0 Å². The Labute approximate surface area is 262 Å². The van der Waals surface area contributed by atoms with Crippen LogP contribution >= 0.6 is 0 Å². The monoisotopic (exact) mass is 603 g/mol. The van der Waals surface area contributed by atoms with E-state index < -0.39 is 5.97 Å². The van der Waals surface area contributed by atoms with E-state index >= 15 is 0 Å². The lowest BCUT2D eigenvalue weighted by molar-refractivity contribution is -0.142. The third-order valence-corrected chi connectivity index (χ3v) is 8.93. The molecule has 0 saturated carbocycles. The van der Waals surface area contributed by atoms with Gasteiger partial charge in [0.25, 0.3) is 0 Å². The fourth-order valence-electron chi connectivity index (χ4n) is 6.49. The molecule has 238 valence electrons. The number of aliphatic carboxylic acids is 1. The number of fused-ring (bicyclic) bond motifs is 1. The van der Waals surface area contributed by atoms with Crippen molar-refractivity contribution in [3.05, 3.63) is 76.3 Å². The molecular weight excluding hydrogens is 554 g/mol. The number of aryl methyl sites for hydroxylation is 1. The zero-order chi connectivity index (χ0) is 31.6. The number of nitrogens with zero attached hydrogens (tertiary/aromatic N) is 3. The van der Waals surface area contributed by atoms with Crippen LogP contribution in [0.1, 0.15) is 67.3 Å². The van der Waals surface area contributed by atoms with Gasteiger partial charge in [0, 0.05) is 52.0 Å². The highest BCUT2D eigenvalue weighted by Gasteiger charge is 2.26. The molecule has 2 aliphatic rings. The van der Waals surface area contributed by atoms with Crippen LogP contribution in [0.4, 0.5) is 5.82 Å². The van der Waals surface area contributed by atoms with Crippen molar-refractivity contribution in [2.24, 2.45) is 5.92 Å². The number of piperidine rings is 1. The lowest BCUT2D eigenvalue weighted by Gasteiger charge is -2.35. The molecule has 1 saturated heterocycles. The van der Waals surface area contributed by atoms with E-state index in [0.29, 0.717) is 45.2 Å². The van der Waals surface area contributed by atoms with Gasteiger partial charge in [-0.1, -0.05) is 37.6 Å². The largest absolute Gasteiger partial charge is 0.488 e.